The first kappa shape index (κ1) is 6.56. The number of hydrogen-bond acceptors (Lipinski definition) is 2. The monoisotopic (exact) mass is 134 g/mol. The van der Waals surface area contributed by atoms with Gasteiger partial charge in [0.25, 0.3) is 0 Å². The number of rotatable bonds is 1. The van der Waals surface area contributed by atoms with Crippen molar-refractivity contribution in [3.05, 3.63) is 28.9 Å². The Morgan fingerprint density at radius 1 is 1.80 bits per heavy atom. The third-order valence-corrected chi connectivity index (χ3v) is 1.04. The highest BCUT2D eigenvalue weighted by atomic mass is 16.1. The Morgan fingerprint density at radius 3 is 3.20 bits per heavy atom. The quantitative estimate of drug-likeness (QED) is 0.502. The van der Waals surface area contributed by atoms with E-state index in [9.17, 15) is 4.79 Å². The van der Waals surface area contributed by atoms with E-state index in [2.05, 4.69) is 10.9 Å². The van der Waals surface area contributed by atoms with Gasteiger partial charge in [0.1, 0.15) is 0 Å². The SMILES string of the molecule is C#CCn1cccnc1=O. The first-order valence-corrected chi connectivity index (χ1v) is 2.79. The van der Waals surface area contributed by atoms with Gasteiger partial charge < -0.3 is 0 Å². The lowest BCUT2D eigenvalue weighted by molar-refractivity contribution is 0.757. The van der Waals surface area contributed by atoms with E-state index in [0.29, 0.717) is 0 Å². The molecule has 0 aliphatic carbocycles. The van der Waals surface area contributed by atoms with Crippen LogP contribution in [-0.2, 0) is 6.54 Å². The molecule has 1 rings (SSSR count). The van der Waals surface area contributed by atoms with E-state index in [1.807, 2.05) is 0 Å². The first-order chi connectivity index (χ1) is 4.84. The number of terminal acetylenes is 1. The van der Waals surface area contributed by atoms with Crippen LogP contribution in [0.3, 0.4) is 0 Å². The fraction of sp³-hybridized carbons (Fsp3) is 0.143. The van der Waals surface area contributed by atoms with Crippen LogP contribution in [-0.4, -0.2) is 9.55 Å². The zero-order chi connectivity index (χ0) is 7.40. The summed E-state index contributed by atoms with van der Waals surface area (Å²) in [6.07, 6.45) is 8.04. The maximum Gasteiger partial charge on any atom is 0.348 e. The van der Waals surface area contributed by atoms with E-state index in [1.54, 1.807) is 12.3 Å². The fourth-order valence-corrected chi connectivity index (χ4v) is 0.606. The van der Waals surface area contributed by atoms with Crippen molar-refractivity contribution in [3.8, 4) is 12.3 Å². The Kier molecular flexibility index (Phi) is 1.86. The van der Waals surface area contributed by atoms with Crippen molar-refractivity contribution >= 4 is 0 Å². The molecule has 0 atom stereocenters. The standard InChI is InChI=1S/C7H6N2O/c1-2-5-9-6-3-4-8-7(9)10/h1,3-4,6H,5H2. The molecule has 0 aliphatic heterocycles. The summed E-state index contributed by atoms with van der Waals surface area (Å²) in [5.41, 5.74) is -0.305. The van der Waals surface area contributed by atoms with Crippen LogP contribution in [0.15, 0.2) is 23.3 Å². The lowest BCUT2D eigenvalue weighted by atomic mass is 10.6. The molecule has 0 radical (unpaired) electrons. The molecule has 0 fully saturated rings. The highest BCUT2D eigenvalue weighted by Gasteiger charge is 1.88. The molecule has 3 heteroatoms. The van der Waals surface area contributed by atoms with Gasteiger partial charge in [0.05, 0.1) is 6.54 Å². The maximum absolute atomic E-state index is 10.8. The number of nitrogens with zero attached hydrogens (tertiary/aromatic N) is 2. The summed E-state index contributed by atoms with van der Waals surface area (Å²) in [5.74, 6) is 2.35. The molecule has 50 valence electrons. The zero-order valence-electron chi connectivity index (χ0n) is 5.32. The van der Waals surface area contributed by atoms with E-state index < -0.39 is 0 Å². The summed E-state index contributed by atoms with van der Waals surface area (Å²) in [7, 11) is 0. The molecule has 10 heavy (non-hydrogen) atoms. The minimum absolute atomic E-state index is 0.284. The summed E-state index contributed by atoms with van der Waals surface area (Å²) >= 11 is 0. The van der Waals surface area contributed by atoms with Gasteiger partial charge in [-0.3, -0.25) is 4.57 Å². The topological polar surface area (TPSA) is 34.9 Å². The van der Waals surface area contributed by atoms with Gasteiger partial charge in [0.15, 0.2) is 0 Å². The predicted molar refractivity (Wildman–Crippen MR) is 37.3 cm³/mol. The van der Waals surface area contributed by atoms with Crippen LogP contribution < -0.4 is 5.69 Å². The molecular weight excluding hydrogens is 128 g/mol. The molecule has 3 nitrogen and oxygen atoms in total. The van der Waals surface area contributed by atoms with Gasteiger partial charge in [0.2, 0.25) is 0 Å². The van der Waals surface area contributed by atoms with Crippen molar-refractivity contribution in [1.82, 2.24) is 9.55 Å². The summed E-state index contributed by atoms with van der Waals surface area (Å²) in [4.78, 5) is 14.3. The van der Waals surface area contributed by atoms with Crippen LogP contribution in [0.2, 0.25) is 0 Å². The van der Waals surface area contributed by atoms with Crippen molar-refractivity contribution in [2.24, 2.45) is 0 Å². The lowest BCUT2D eigenvalue weighted by Crippen LogP contribution is -2.20. The van der Waals surface area contributed by atoms with Gasteiger partial charge in [-0.1, -0.05) is 5.92 Å². The largest absolute Gasteiger partial charge is 0.348 e. The van der Waals surface area contributed by atoms with E-state index in [4.69, 9.17) is 6.42 Å². The Morgan fingerprint density at radius 2 is 2.60 bits per heavy atom. The molecule has 0 aromatic carbocycles. The number of aromatic nitrogens is 2. The first-order valence-electron chi connectivity index (χ1n) is 2.79. The van der Waals surface area contributed by atoms with Crippen molar-refractivity contribution in [2.75, 3.05) is 0 Å². The minimum Gasteiger partial charge on any atom is -0.288 e. The summed E-state index contributed by atoms with van der Waals surface area (Å²) in [6, 6.07) is 1.67. The van der Waals surface area contributed by atoms with Crippen LogP contribution in [0.4, 0.5) is 0 Å². The van der Waals surface area contributed by atoms with E-state index in [-0.39, 0.29) is 12.2 Å². The Bertz CT molecular complexity index is 308. The van der Waals surface area contributed by atoms with Crippen LogP contribution in [0.1, 0.15) is 0 Å². The number of hydrogen-bond donors (Lipinski definition) is 0. The van der Waals surface area contributed by atoms with Crippen molar-refractivity contribution in [2.45, 2.75) is 6.54 Å². The molecule has 0 spiro atoms. The van der Waals surface area contributed by atoms with Crippen molar-refractivity contribution < 1.29 is 0 Å². The molecule has 0 amide bonds. The van der Waals surface area contributed by atoms with Crippen LogP contribution in [0.25, 0.3) is 0 Å². The van der Waals surface area contributed by atoms with Crippen LogP contribution >= 0.6 is 0 Å². The summed E-state index contributed by atoms with van der Waals surface area (Å²) < 4.78 is 1.36. The van der Waals surface area contributed by atoms with Gasteiger partial charge in [-0.15, -0.1) is 6.42 Å². The van der Waals surface area contributed by atoms with Gasteiger partial charge >= 0.3 is 5.69 Å². The fourth-order valence-electron chi connectivity index (χ4n) is 0.606. The van der Waals surface area contributed by atoms with Gasteiger partial charge in [-0.05, 0) is 6.07 Å². The third-order valence-electron chi connectivity index (χ3n) is 1.04. The van der Waals surface area contributed by atoms with Crippen molar-refractivity contribution in [3.63, 3.8) is 0 Å². The smallest absolute Gasteiger partial charge is 0.288 e. The molecule has 1 heterocycles. The van der Waals surface area contributed by atoms with Crippen LogP contribution in [0.5, 0.6) is 0 Å². The van der Waals surface area contributed by atoms with Crippen LogP contribution in [0, 0.1) is 12.3 Å². The van der Waals surface area contributed by atoms with E-state index >= 15 is 0 Å². The molecule has 0 aliphatic rings. The molecule has 1 aromatic rings. The zero-order valence-corrected chi connectivity index (χ0v) is 5.32. The average Bonchev–Trinajstić information content (AvgIpc) is 1.94. The Hall–Kier alpha value is -1.56. The van der Waals surface area contributed by atoms with E-state index in [1.165, 1.54) is 10.8 Å². The second kappa shape index (κ2) is 2.83. The summed E-state index contributed by atoms with van der Waals surface area (Å²) in [5, 5.41) is 0. The molecule has 1 aromatic heterocycles. The molecule has 0 bridgehead atoms. The normalized spacial score (nSPS) is 8.70. The Labute approximate surface area is 58.3 Å². The average molecular weight is 134 g/mol. The molecule has 0 saturated heterocycles. The maximum atomic E-state index is 10.8. The molecule has 0 N–H and O–H groups in total. The predicted octanol–water partition coefficient (Wildman–Crippen LogP) is -0.124. The Balaban J connectivity index is 3.07. The third kappa shape index (κ3) is 1.23. The van der Waals surface area contributed by atoms with Gasteiger partial charge in [0, 0.05) is 12.4 Å². The summed E-state index contributed by atoms with van der Waals surface area (Å²) in [6.45, 7) is 0.284. The molecular formula is C7H6N2O. The van der Waals surface area contributed by atoms with E-state index in [0.717, 1.165) is 0 Å². The second-order valence-electron chi connectivity index (χ2n) is 1.73. The second-order valence-corrected chi connectivity index (χ2v) is 1.73. The minimum atomic E-state index is -0.305. The van der Waals surface area contributed by atoms with Crippen molar-refractivity contribution in [1.29, 1.82) is 0 Å². The molecule has 0 unspecified atom stereocenters. The lowest BCUT2D eigenvalue weighted by Gasteiger charge is -1.94. The molecule has 0 saturated carbocycles. The highest BCUT2D eigenvalue weighted by Crippen LogP contribution is 1.75. The van der Waals surface area contributed by atoms with Gasteiger partial charge in [-0.25, -0.2) is 9.78 Å². The van der Waals surface area contributed by atoms with Gasteiger partial charge in [-0.2, -0.15) is 0 Å². The highest BCUT2D eigenvalue weighted by molar-refractivity contribution is 4.89.